The Bertz CT molecular complexity index is 782. The fourth-order valence-corrected chi connectivity index (χ4v) is 4.74. The van der Waals surface area contributed by atoms with E-state index in [1.807, 2.05) is 12.1 Å². The van der Waals surface area contributed by atoms with Gasteiger partial charge in [-0.05, 0) is 42.7 Å². The molecule has 2 rings (SSSR count). The van der Waals surface area contributed by atoms with E-state index in [1.165, 1.54) is 9.87 Å². The molecule has 1 aromatic carbocycles. The topological polar surface area (TPSA) is 86.8 Å². The average molecular weight is 404 g/mol. The van der Waals surface area contributed by atoms with Gasteiger partial charge in [0.2, 0.25) is 10.0 Å². The molecule has 0 aromatic heterocycles. The SMILES string of the molecule is CN(C)S(=O)(=O)N1CCC(Cc2ccc(CCNS(C)(=O)=O)cc2)CC1. The van der Waals surface area contributed by atoms with E-state index in [0.29, 0.717) is 32.0 Å². The molecule has 7 nitrogen and oxygen atoms in total. The summed E-state index contributed by atoms with van der Waals surface area (Å²) in [6, 6.07) is 8.23. The van der Waals surface area contributed by atoms with Gasteiger partial charge in [0.15, 0.2) is 0 Å². The summed E-state index contributed by atoms with van der Waals surface area (Å²) >= 11 is 0. The van der Waals surface area contributed by atoms with Crippen molar-refractivity contribution in [1.29, 1.82) is 0 Å². The maximum atomic E-state index is 12.1. The molecule has 0 amide bonds. The summed E-state index contributed by atoms with van der Waals surface area (Å²) < 4.78 is 51.7. The van der Waals surface area contributed by atoms with Crippen molar-refractivity contribution in [1.82, 2.24) is 13.3 Å². The minimum atomic E-state index is -3.30. The van der Waals surface area contributed by atoms with E-state index >= 15 is 0 Å². The molecule has 0 spiro atoms. The van der Waals surface area contributed by atoms with Crippen molar-refractivity contribution in [2.45, 2.75) is 25.7 Å². The van der Waals surface area contributed by atoms with Crippen LogP contribution in [0.5, 0.6) is 0 Å². The van der Waals surface area contributed by atoms with Gasteiger partial charge in [0, 0.05) is 33.7 Å². The van der Waals surface area contributed by atoms with Gasteiger partial charge in [-0.1, -0.05) is 24.3 Å². The van der Waals surface area contributed by atoms with Crippen LogP contribution >= 0.6 is 0 Å². The lowest BCUT2D eigenvalue weighted by atomic mass is 9.90. The largest absolute Gasteiger partial charge is 0.281 e. The van der Waals surface area contributed by atoms with Crippen LogP contribution in [0.4, 0.5) is 0 Å². The van der Waals surface area contributed by atoms with Gasteiger partial charge in [-0.15, -0.1) is 0 Å². The molecule has 1 fully saturated rings. The predicted molar refractivity (Wildman–Crippen MR) is 104 cm³/mol. The third kappa shape index (κ3) is 6.31. The summed E-state index contributed by atoms with van der Waals surface area (Å²) in [7, 11) is -3.32. The zero-order valence-corrected chi connectivity index (χ0v) is 17.3. The van der Waals surface area contributed by atoms with E-state index in [9.17, 15) is 16.8 Å². The standard InChI is InChI=1S/C17H29N3O4S2/c1-19(2)26(23,24)20-12-9-17(10-13-20)14-16-6-4-15(5-7-16)8-11-18-25(3,21)22/h4-7,17-18H,8-14H2,1-3H3. The highest BCUT2D eigenvalue weighted by molar-refractivity contribution is 7.88. The van der Waals surface area contributed by atoms with Crippen molar-refractivity contribution in [2.75, 3.05) is 40.0 Å². The van der Waals surface area contributed by atoms with Crippen molar-refractivity contribution in [3.05, 3.63) is 35.4 Å². The van der Waals surface area contributed by atoms with Crippen LogP contribution in [0, 0.1) is 5.92 Å². The number of rotatable bonds is 8. The van der Waals surface area contributed by atoms with Gasteiger partial charge in [0.25, 0.3) is 10.2 Å². The summed E-state index contributed by atoms with van der Waals surface area (Å²) in [6.07, 6.45) is 4.50. The van der Waals surface area contributed by atoms with Crippen LogP contribution in [0.3, 0.4) is 0 Å². The Kier molecular flexibility index (Phi) is 7.20. The number of benzene rings is 1. The normalized spacial score (nSPS) is 17.7. The smallest absolute Gasteiger partial charge is 0.215 e. The number of sulfonamides is 1. The Morgan fingerprint density at radius 2 is 1.58 bits per heavy atom. The van der Waals surface area contributed by atoms with Gasteiger partial charge in [-0.2, -0.15) is 17.0 Å². The highest BCUT2D eigenvalue weighted by Gasteiger charge is 2.29. The highest BCUT2D eigenvalue weighted by atomic mass is 32.2. The maximum absolute atomic E-state index is 12.1. The van der Waals surface area contributed by atoms with Gasteiger partial charge >= 0.3 is 0 Å². The molecule has 0 saturated carbocycles. The monoisotopic (exact) mass is 403 g/mol. The number of hydrogen-bond donors (Lipinski definition) is 1. The van der Waals surface area contributed by atoms with E-state index in [4.69, 9.17) is 0 Å². The molecule has 1 aromatic rings. The van der Waals surface area contributed by atoms with Crippen molar-refractivity contribution in [3.8, 4) is 0 Å². The molecule has 0 aliphatic carbocycles. The fraction of sp³-hybridized carbons (Fsp3) is 0.647. The molecule has 1 N–H and O–H groups in total. The summed E-state index contributed by atoms with van der Waals surface area (Å²) in [5.41, 5.74) is 2.33. The van der Waals surface area contributed by atoms with Crippen LogP contribution < -0.4 is 4.72 Å². The molecule has 9 heteroatoms. The Balaban J connectivity index is 1.81. The number of nitrogens with one attached hydrogen (secondary N) is 1. The van der Waals surface area contributed by atoms with E-state index in [0.717, 1.165) is 31.1 Å². The van der Waals surface area contributed by atoms with Crippen LogP contribution in [0.25, 0.3) is 0 Å². The highest BCUT2D eigenvalue weighted by Crippen LogP contribution is 2.24. The summed E-state index contributed by atoms with van der Waals surface area (Å²) in [4.78, 5) is 0. The second-order valence-corrected chi connectivity index (χ2v) is 11.0. The van der Waals surface area contributed by atoms with Crippen LogP contribution in [-0.2, 0) is 33.1 Å². The van der Waals surface area contributed by atoms with Gasteiger partial charge in [0.1, 0.15) is 0 Å². The first-order chi connectivity index (χ1) is 12.1. The Morgan fingerprint density at radius 1 is 1.04 bits per heavy atom. The van der Waals surface area contributed by atoms with Gasteiger partial charge in [0.05, 0.1) is 6.26 Å². The first kappa shape index (κ1) is 21.3. The molecule has 26 heavy (non-hydrogen) atoms. The first-order valence-electron chi connectivity index (χ1n) is 8.78. The predicted octanol–water partition coefficient (Wildman–Crippen LogP) is 0.839. The Labute approximate surface area is 157 Å². The summed E-state index contributed by atoms with van der Waals surface area (Å²) in [6.45, 7) is 1.54. The lowest BCUT2D eigenvalue weighted by molar-refractivity contribution is 0.262. The summed E-state index contributed by atoms with van der Waals surface area (Å²) in [5, 5.41) is 0. The molecule has 148 valence electrons. The second-order valence-electron chi connectivity index (χ2n) is 7.07. The van der Waals surface area contributed by atoms with Crippen molar-refractivity contribution >= 4 is 20.2 Å². The fourth-order valence-electron chi connectivity index (χ4n) is 3.13. The molecule has 0 radical (unpaired) electrons. The zero-order chi connectivity index (χ0) is 19.4. The Morgan fingerprint density at radius 3 is 2.08 bits per heavy atom. The van der Waals surface area contributed by atoms with Crippen LogP contribution in [0.1, 0.15) is 24.0 Å². The third-order valence-electron chi connectivity index (χ3n) is 4.69. The molecule has 1 saturated heterocycles. The lowest BCUT2D eigenvalue weighted by Gasteiger charge is -2.32. The van der Waals surface area contributed by atoms with E-state index < -0.39 is 20.2 Å². The second kappa shape index (κ2) is 8.79. The molecule has 1 heterocycles. The number of hydrogen-bond acceptors (Lipinski definition) is 4. The molecule has 1 aliphatic rings. The van der Waals surface area contributed by atoms with Crippen molar-refractivity contribution in [3.63, 3.8) is 0 Å². The van der Waals surface area contributed by atoms with Gasteiger partial charge < -0.3 is 0 Å². The van der Waals surface area contributed by atoms with E-state index in [-0.39, 0.29) is 0 Å². The van der Waals surface area contributed by atoms with E-state index in [2.05, 4.69) is 16.9 Å². The van der Waals surface area contributed by atoms with Crippen LogP contribution in [0.2, 0.25) is 0 Å². The van der Waals surface area contributed by atoms with Crippen LogP contribution in [-0.4, -0.2) is 65.4 Å². The number of nitrogens with zero attached hydrogens (tertiary/aromatic N) is 2. The first-order valence-corrected chi connectivity index (χ1v) is 12.1. The molecule has 0 bridgehead atoms. The van der Waals surface area contributed by atoms with Crippen LogP contribution in [0.15, 0.2) is 24.3 Å². The molecule has 0 unspecified atom stereocenters. The minimum absolute atomic E-state index is 0.400. The average Bonchev–Trinajstić information content (AvgIpc) is 2.56. The Hall–Kier alpha value is -1.00. The third-order valence-corrected chi connectivity index (χ3v) is 7.36. The molecular weight excluding hydrogens is 374 g/mol. The quantitative estimate of drug-likeness (QED) is 0.697. The summed E-state index contributed by atoms with van der Waals surface area (Å²) in [5.74, 6) is 0.487. The van der Waals surface area contributed by atoms with E-state index in [1.54, 1.807) is 18.4 Å². The molecule has 0 atom stereocenters. The number of piperidine rings is 1. The molecular formula is C17H29N3O4S2. The minimum Gasteiger partial charge on any atom is -0.215 e. The lowest BCUT2D eigenvalue weighted by Crippen LogP contribution is -2.44. The maximum Gasteiger partial charge on any atom is 0.281 e. The zero-order valence-electron chi connectivity index (χ0n) is 15.7. The molecule has 1 aliphatic heterocycles. The van der Waals surface area contributed by atoms with Crippen molar-refractivity contribution < 1.29 is 16.8 Å². The van der Waals surface area contributed by atoms with Gasteiger partial charge in [-0.25, -0.2) is 13.1 Å². The van der Waals surface area contributed by atoms with Crippen molar-refractivity contribution in [2.24, 2.45) is 5.92 Å². The van der Waals surface area contributed by atoms with Gasteiger partial charge in [-0.3, -0.25) is 0 Å².